The van der Waals surface area contributed by atoms with Crippen LogP contribution in [0.1, 0.15) is 27.7 Å². The minimum atomic E-state index is 0.476. The van der Waals surface area contributed by atoms with Crippen molar-refractivity contribution in [3.63, 3.8) is 0 Å². The fourth-order valence-corrected chi connectivity index (χ4v) is 1.70. The van der Waals surface area contributed by atoms with Gasteiger partial charge in [-0.2, -0.15) is 0 Å². The average Bonchev–Trinajstić information content (AvgIpc) is 2.34. The predicted molar refractivity (Wildman–Crippen MR) is 76.6 cm³/mol. The van der Waals surface area contributed by atoms with E-state index in [1.165, 1.54) is 0 Å². The molecule has 0 spiro atoms. The molecule has 0 aliphatic rings. The lowest BCUT2D eigenvalue weighted by molar-refractivity contribution is 0.237. The van der Waals surface area contributed by atoms with E-state index in [1.54, 1.807) is 0 Å². The normalized spacial score (nSPS) is 13.6. The van der Waals surface area contributed by atoms with Gasteiger partial charge in [-0.05, 0) is 26.9 Å². The molecule has 17 heavy (non-hydrogen) atoms. The number of rotatable bonds is 8. The first kappa shape index (κ1) is 16.0. The third-order valence-corrected chi connectivity index (χ3v) is 2.71. The Morgan fingerprint density at radius 2 is 1.94 bits per heavy atom. The number of nitrogens with zero attached hydrogens (tertiary/aromatic N) is 2. The Balaban J connectivity index is 4.24. The van der Waals surface area contributed by atoms with Crippen LogP contribution in [0.3, 0.4) is 0 Å². The lowest BCUT2D eigenvalue weighted by Gasteiger charge is -2.25. The average molecular weight is 240 g/mol. The molecule has 1 atom stereocenters. The first-order valence-electron chi connectivity index (χ1n) is 6.56. The first-order chi connectivity index (χ1) is 8.19. The van der Waals surface area contributed by atoms with E-state index in [-0.39, 0.29) is 0 Å². The van der Waals surface area contributed by atoms with Crippen LogP contribution in [0.2, 0.25) is 0 Å². The number of aliphatic imine (C=N–C) groups is 1. The van der Waals surface area contributed by atoms with Crippen LogP contribution in [0, 0.1) is 0 Å². The zero-order valence-electron chi connectivity index (χ0n) is 11.8. The molecule has 0 aromatic carbocycles. The van der Waals surface area contributed by atoms with Gasteiger partial charge in [-0.15, -0.1) is 6.58 Å². The number of likely N-dealkylation sites (N-methyl/N-ethyl adjacent to an activating group) is 1. The van der Waals surface area contributed by atoms with Crippen LogP contribution in [0.25, 0.3) is 0 Å². The molecule has 0 amide bonds. The maximum Gasteiger partial charge on any atom is 0.191 e. The Kier molecular flexibility index (Phi) is 9.53. The molecule has 0 aliphatic carbocycles. The quantitative estimate of drug-likeness (QED) is 0.383. The molecule has 100 valence electrons. The molecule has 0 saturated carbocycles. The fourth-order valence-electron chi connectivity index (χ4n) is 1.70. The fraction of sp³-hybridized carbons (Fsp3) is 0.769. The van der Waals surface area contributed by atoms with E-state index >= 15 is 0 Å². The van der Waals surface area contributed by atoms with Gasteiger partial charge in [0.25, 0.3) is 0 Å². The summed E-state index contributed by atoms with van der Waals surface area (Å²) in [6, 6.07) is 0.476. The summed E-state index contributed by atoms with van der Waals surface area (Å²) in [5, 5.41) is 6.42. The zero-order valence-corrected chi connectivity index (χ0v) is 11.8. The smallest absolute Gasteiger partial charge is 0.191 e. The predicted octanol–water partition coefficient (Wildman–Crippen LogP) is 1.46. The maximum atomic E-state index is 4.57. The molecule has 0 fully saturated rings. The molecule has 0 bridgehead atoms. The largest absolute Gasteiger partial charge is 0.357 e. The monoisotopic (exact) mass is 240 g/mol. The highest BCUT2D eigenvalue weighted by atomic mass is 15.2. The second-order valence-electron chi connectivity index (χ2n) is 3.96. The van der Waals surface area contributed by atoms with E-state index in [4.69, 9.17) is 0 Å². The van der Waals surface area contributed by atoms with E-state index in [2.05, 4.69) is 54.8 Å². The lowest BCUT2D eigenvalue weighted by Crippen LogP contribution is -2.40. The van der Waals surface area contributed by atoms with Gasteiger partial charge in [-0.1, -0.05) is 19.9 Å². The van der Waals surface area contributed by atoms with E-state index in [1.807, 2.05) is 6.08 Å². The number of nitrogens with one attached hydrogen (secondary N) is 2. The Morgan fingerprint density at radius 3 is 2.41 bits per heavy atom. The summed E-state index contributed by atoms with van der Waals surface area (Å²) in [5.74, 6) is 0.867. The Labute approximate surface area is 106 Å². The highest BCUT2D eigenvalue weighted by molar-refractivity contribution is 5.79. The van der Waals surface area contributed by atoms with Gasteiger partial charge in [-0.25, -0.2) is 0 Å². The molecule has 0 heterocycles. The van der Waals surface area contributed by atoms with E-state index in [0.29, 0.717) is 6.04 Å². The van der Waals surface area contributed by atoms with Crippen LogP contribution in [0.4, 0.5) is 0 Å². The van der Waals surface area contributed by atoms with Crippen LogP contribution >= 0.6 is 0 Å². The van der Waals surface area contributed by atoms with Gasteiger partial charge < -0.3 is 10.6 Å². The third kappa shape index (κ3) is 7.00. The van der Waals surface area contributed by atoms with Crippen molar-refractivity contribution in [2.75, 3.05) is 32.7 Å². The molecule has 0 rings (SSSR count). The maximum absolute atomic E-state index is 4.57. The van der Waals surface area contributed by atoms with Gasteiger partial charge in [0, 0.05) is 19.1 Å². The molecule has 0 radical (unpaired) electrons. The van der Waals surface area contributed by atoms with Crippen molar-refractivity contribution in [2.24, 2.45) is 4.99 Å². The molecule has 0 aliphatic heterocycles. The number of hydrogen-bond donors (Lipinski definition) is 2. The van der Waals surface area contributed by atoms with Crippen LogP contribution in [-0.4, -0.2) is 49.6 Å². The SMILES string of the molecule is C=CCNC(=NCC(C)N(CC)CC)NCC. The molecule has 0 aromatic rings. The van der Waals surface area contributed by atoms with Gasteiger partial charge in [-0.3, -0.25) is 9.89 Å². The van der Waals surface area contributed by atoms with E-state index in [0.717, 1.165) is 38.7 Å². The Bertz CT molecular complexity index is 221. The van der Waals surface area contributed by atoms with Gasteiger partial charge in [0.2, 0.25) is 0 Å². The van der Waals surface area contributed by atoms with Crippen molar-refractivity contribution in [1.29, 1.82) is 0 Å². The summed E-state index contributed by atoms with van der Waals surface area (Å²) in [6.07, 6.45) is 1.83. The number of guanidine groups is 1. The summed E-state index contributed by atoms with van der Waals surface area (Å²) in [5.41, 5.74) is 0. The summed E-state index contributed by atoms with van der Waals surface area (Å²) in [6.45, 7) is 16.9. The minimum absolute atomic E-state index is 0.476. The van der Waals surface area contributed by atoms with E-state index < -0.39 is 0 Å². The zero-order chi connectivity index (χ0) is 13.1. The van der Waals surface area contributed by atoms with Gasteiger partial charge in [0.05, 0.1) is 6.54 Å². The summed E-state index contributed by atoms with van der Waals surface area (Å²) in [4.78, 5) is 6.98. The highest BCUT2D eigenvalue weighted by Crippen LogP contribution is 1.98. The Hall–Kier alpha value is -1.03. The standard InChI is InChI=1S/C13H28N4/c1-6-10-15-13(14-7-2)16-11-12(5)17(8-3)9-4/h6,12H,1,7-11H2,2-5H3,(H2,14,15,16). The molecule has 4 nitrogen and oxygen atoms in total. The van der Waals surface area contributed by atoms with Gasteiger partial charge >= 0.3 is 0 Å². The second kappa shape index (κ2) is 10.1. The lowest BCUT2D eigenvalue weighted by atomic mass is 10.3. The van der Waals surface area contributed by atoms with Gasteiger partial charge in [0.15, 0.2) is 5.96 Å². The molecule has 0 saturated heterocycles. The minimum Gasteiger partial charge on any atom is -0.357 e. The summed E-state index contributed by atoms with van der Waals surface area (Å²) >= 11 is 0. The molecule has 0 aromatic heterocycles. The molecule has 1 unspecified atom stereocenters. The van der Waals surface area contributed by atoms with Crippen molar-refractivity contribution >= 4 is 5.96 Å². The van der Waals surface area contributed by atoms with Crippen LogP contribution in [0.15, 0.2) is 17.6 Å². The Morgan fingerprint density at radius 1 is 1.29 bits per heavy atom. The van der Waals surface area contributed by atoms with Crippen LogP contribution in [-0.2, 0) is 0 Å². The van der Waals surface area contributed by atoms with Crippen LogP contribution < -0.4 is 10.6 Å². The van der Waals surface area contributed by atoms with E-state index in [9.17, 15) is 0 Å². The van der Waals surface area contributed by atoms with Crippen molar-refractivity contribution in [3.05, 3.63) is 12.7 Å². The third-order valence-electron chi connectivity index (χ3n) is 2.71. The molecule has 4 heteroatoms. The topological polar surface area (TPSA) is 39.7 Å². The van der Waals surface area contributed by atoms with Crippen molar-refractivity contribution in [3.8, 4) is 0 Å². The summed E-state index contributed by atoms with van der Waals surface area (Å²) < 4.78 is 0. The summed E-state index contributed by atoms with van der Waals surface area (Å²) in [7, 11) is 0. The highest BCUT2D eigenvalue weighted by Gasteiger charge is 2.09. The second-order valence-corrected chi connectivity index (χ2v) is 3.96. The molecular weight excluding hydrogens is 212 g/mol. The molecule has 2 N–H and O–H groups in total. The van der Waals surface area contributed by atoms with Crippen molar-refractivity contribution < 1.29 is 0 Å². The van der Waals surface area contributed by atoms with Gasteiger partial charge in [0.1, 0.15) is 0 Å². The number of hydrogen-bond acceptors (Lipinski definition) is 2. The first-order valence-corrected chi connectivity index (χ1v) is 6.56. The van der Waals surface area contributed by atoms with Crippen molar-refractivity contribution in [2.45, 2.75) is 33.7 Å². The van der Waals surface area contributed by atoms with Crippen LogP contribution in [0.5, 0.6) is 0 Å². The molecular formula is C13H28N4. The van der Waals surface area contributed by atoms with Crippen molar-refractivity contribution in [1.82, 2.24) is 15.5 Å².